The smallest absolute Gasteiger partial charge is 0.222 e. The number of amides is 1. The molecule has 0 unspecified atom stereocenters. The lowest BCUT2D eigenvalue weighted by Gasteiger charge is -2.30. The molecule has 0 aliphatic carbocycles. The molecule has 0 N–H and O–H groups in total. The lowest BCUT2D eigenvalue weighted by atomic mass is 9.96. The highest BCUT2D eigenvalue weighted by Gasteiger charge is 2.26. The van der Waals surface area contributed by atoms with Gasteiger partial charge in [0.2, 0.25) is 5.91 Å². The van der Waals surface area contributed by atoms with Gasteiger partial charge in [0.1, 0.15) is 5.52 Å². The Bertz CT molecular complexity index is 784. The van der Waals surface area contributed by atoms with E-state index in [1.807, 2.05) is 35.2 Å². The number of rotatable bonds is 4. The maximum absolute atomic E-state index is 12.4. The number of oxazole rings is 1. The van der Waals surface area contributed by atoms with Crippen molar-refractivity contribution in [3.05, 3.63) is 52.5 Å². The molecule has 4 rings (SSSR count). The third kappa shape index (κ3) is 3.22. The van der Waals surface area contributed by atoms with Crippen molar-refractivity contribution in [2.24, 2.45) is 0 Å². The average Bonchev–Trinajstić information content (AvgIpc) is 3.29. The monoisotopic (exact) mass is 340 g/mol. The van der Waals surface area contributed by atoms with Gasteiger partial charge in [-0.05, 0) is 42.8 Å². The van der Waals surface area contributed by atoms with Crippen molar-refractivity contribution in [1.82, 2.24) is 9.88 Å². The van der Waals surface area contributed by atoms with Crippen LogP contribution >= 0.6 is 11.3 Å². The Hall–Kier alpha value is -2.14. The van der Waals surface area contributed by atoms with Gasteiger partial charge in [0.25, 0.3) is 0 Å². The van der Waals surface area contributed by atoms with Crippen molar-refractivity contribution in [3.63, 3.8) is 0 Å². The van der Waals surface area contributed by atoms with Crippen LogP contribution in [0.5, 0.6) is 0 Å². The highest BCUT2D eigenvalue weighted by atomic mass is 32.1. The number of hydrogen-bond donors (Lipinski definition) is 0. The van der Waals surface area contributed by atoms with Crippen molar-refractivity contribution in [1.29, 1.82) is 0 Å². The average molecular weight is 340 g/mol. The molecule has 124 valence electrons. The number of likely N-dealkylation sites (tertiary alicyclic amines) is 1. The number of para-hydroxylation sites is 2. The molecule has 2 aromatic heterocycles. The van der Waals surface area contributed by atoms with E-state index < -0.39 is 0 Å². The minimum Gasteiger partial charge on any atom is -0.440 e. The minimum atomic E-state index is 0.263. The van der Waals surface area contributed by atoms with E-state index in [0.717, 1.165) is 49.3 Å². The SMILES string of the molecule is O=C(CCc1cccs1)N1CCC(c2nc3ccccc3o2)CC1. The summed E-state index contributed by atoms with van der Waals surface area (Å²) in [5, 5.41) is 2.06. The summed E-state index contributed by atoms with van der Waals surface area (Å²) >= 11 is 1.72. The van der Waals surface area contributed by atoms with Gasteiger partial charge >= 0.3 is 0 Å². The molecule has 4 nitrogen and oxygen atoms in total. The van der Waals surface area contributed by atoms with Crippen molar-refractivity contribution in [3.8, 4) is 0 Å². The van der Waals surface area contributed by atoms with Crippen LogP contribution < -0.4 is 0 Å². The molecule has 1 aliphatic heterocycles. The summed E-state index contributed by atoms with van der Waals surface area (Å²) in [6.07, 6.45) is 3.31. The second kappa shape index (κ2) is 6.77. The summed E-state index contributed by atoms with van der Waals surface area (Å²) in [6.45, 7) is 1.60. The zero-order valence-corrected chi connectivity index (χ0v) is 14.3. The van der Waals surface area contributed by atoms with Gasteiger partial charge < -0.3 is 9.32 Å². The molecular formula is C19H20N2O2S. The van der Waals surface area contributed by atoms with Crippen LogP contribution in [-0.4, -0.2) is 28.9 Å². The predicted octanol–water partition coefficient (Wildman–Crippen LogP) is 4.23. The van der Waals surface area contributed by atoms with Gasteiger partial charge in [0.05, 0.1) is 0 Å². The zero-order chi connectivity index (χ0) is 16.4. The van der Waals surface area contributed by atoms with Gasteiger partial charge in [-0.15, -0.1) is 11.3 Å². The van der Waals surface area contributed by atoms with E-state index in [9.17, 15) is 4.79 Å². The number of piperidine rings is 1. The fourth-order valence-electron chi connectivity index (χ4n) is 3.28. The first-order chi connectivity index (χ1) is 11.8. The molecule has 0 saturated carbocycles. The van der Waals surface area contributed by atoms with Gasteiger partial charge in [-0.1, -0.05) is 18.2 Å². The molecule has 1 amide bonds. The van der Waals surface area contributed by atoms with Crippen LogP contribution in [0.2, 0.25) is 0 Å². The number of fused-ring (bicyclic) bond motifs is 1. The number of benzene rings is 1. The van der Waals surface area contributed by atoms with Crippen LogP contribution in [0, 0.1) is 0 Å². The number of aryl methyl sites for hydroxylation is 1. The molecule has 1 saturated heterocycles. The maximum Gasteiger partial charge on any atom is 0.222 e. The number of carbonyl (C=O) groups is 1. The molecule has 3 aromatic rings. The number of carbonyl (C=O) groups excluding carboxylic acids is 1. The summed E-state index contributed by atoms with van der Waals surface area (Å²) in [4.78, 5) is 20.3. The van der Waals surface area contributed by atoms with Crippen molar-refractivity contribution < 1.29 is 9.21 Å². The molecule has 24 heavy (non-hydrogen) atoms. The highest BCUT2D eigenvalue weighted by molar-refractivity contribution is 7.09. The zero-order valence-electron chi connectivity index (χ0n) is 13.5. The second-order valence-corrected chi connectivity index (χ2v) is 7.29. The van der Waals surface area contributed by atoms with Crippen LogP contribution in [0.4, 0.5) is 0 Å². The van der Waals surface area contributed by atoms with Gasteiger partial charge in [-0.25, -0.2) is 4.98 Å². The summed E-state index contributed by atoms with van der Waals surface area (Å²) in [5.41, 5.74) is 1.77. The van der Waals surface area contributed by atoms with Crippen molar-refractivity contribution in [2.75, 3.05) is 13.1 Å². The molecule has 0 atom stereocenters. The number of aromatic nitrogens is 1. The molecule has 1 aromatic carbocycles. The van der Waals surface area contributed by atoms with E-state index >= 15 is 0 Å². The van der Waals surface area contributed by atoms with Gasteiger partial charge in [-0.2, -0.15) is 0 Å². The van der Waals surface area contributed by atoms with Crippen LogP contribution in [-0.2, 0) is 11.2 Å². The van der Waals surface area contributed by atoms with Crippen LogP contribution in [0.25, 0.3) is 11.1 Å². The molecule has 0 radical (unpaired) electrons. The summed E-state index contributed by atoms with van der Waals surface area (Å²) < 4.78 is 5.89. The highest BCUT2D eigenvalue weighted by Crippen LogP contribution is 2.30. The fourth-order valence-corrected chi connectivity index (χ4v) is 3.99. The lowest BCUT2D eigenvalue weighted by molar-refractivity contribution is -0.132. The van der Waals surface area contributed by atoms with Gasteiger partial charge in [0, 0.05) is 30.3 Å². The van der Waals surface area contributed by atoms with E-state index in [1.165, 1.54) is 4.88 Å². The van der Waals surface area contributed by atoms with E-state index in [1.54, 1.807) is 11.3 Å². The normalized spacial score (nSPS) is 15.9. The summed E-state index contributed by atoms with van der Waals surface area (Å²) in [5.74, 6) is 1.40. The Labute approximate surface area is 145 Å². The molecule has 1 fully saturated rings. The fraction of sp³-hybridized carbons (Fsp3) is 0.368. The first-order valence-corrected chi connectivity index (χ1v) is 9.33. The molecular weight excluding hydrogens is 320 g/mol. The quantitative estimate of drug-likeness (QED) is 0.714. The topological polar surface area (TPSA) is 46.3 Å². The summed E-state index contributed by atoms with van der Waals surface area (Å²) in [7, 11) is 0. The van der Waals surface area contributed by atoms with Crippen molar-refractivity contribution >= 4 is 28.3 Å². The third-order valence-electron chi connectivity index (χ3n) is 4.67. The Balaban J connectivity index is 1.33. The Kier molecular flexibility index (Phi) is 4.34. The van der Waals surface area contributed by atoms with E-state index in [-0.39, 0.29) is 5.91 Å². The number of hydrogen-bond acceptors (Lipinski definition) is 4. The number of nitrogens with zero attached hydrogens (tertiary/aromatic N) is 2. The van der Waals surface area contributed by atoms with Crippen LogP contribution in [0.15, 0.2) is 46.2 Å². The Morgan fingerprint density at radius 2 is 2.04 bits per heavy atom. The first-order valence-electron chi connectivity index (χ1n) is 8.45. The standard InChI is InChI=1S/C19H20N2O2S/c22-18(8-7-15-4-3-13-24-15)21-11-9-14(10-12-21)19-20-16-5-1-2-6-17(16)23-19/h1-6,13-14H,7-12H2. The molecule has 0 spiro atoms. The largest absolute Gasteiger partial charge is 0.440 e. The van der Waals surface area contributed by atoms with E-state index in [4.69, 9.17) is 4.42 Å². The first kappa shape index (κ1) is 15.4. The Morgan fingerprint density at radius 1 is 1.21 bits per heavy atom. The Morgan fingerprint density at radius 3 is 2.79 bits per heavy atom. The molecule has 3 heterocycles. The van der Waals surface area contributed by atoms with Crippen LogP contribution in [0.3, 0.4) is 0 Å². The summed E-state index contributed by atoms with van der Waals surface area (Å²) in [6, 6.07) is 12.0. The molecule has 1 aliphatic rings. The maximum atomic E-state index is 12.4. The lowest BCUT2D eigenvalue weighted by Crippen LogP contribution is -2.38. The third-order valence-corrected chi connectivity index (χ3v) is 5.61. The molecule has 5 heteroatoms. The minimum absolute atomic E-state index is 0.263. The van der Waals surface area contributed by atoms with Crippen LogP contribution in [0.1, 0.15) is 35.9 Å². The van der Waals surface area contributed by atoms with Crippen molar-refractivity contribution in [2.45, 2.75) is 31.6 Å². The van der Waals surface area contributed by atoms with Gasteiger partial charge in [0.15, 0.2) is 11.5 Å². The van der Waals surface area contributed by atoms with E-state index in [0.29, 0.717) is 12.3 Å². The van der Waals surface area contributed by atoms with Gasteiger partial charge in [-0.3, -0.25) is 4.79 Å². The molecule has 0 bridgehead atoms. The second-order valence-electron chi connectivity index (χ2n) is 6.25. The number of thiophene rings is 1. The predicted molar refractivity (Wildman–Crippen MR) is 95.2 cm³/mol. The van der Waals surface area contributed by atoms with E-state index in [2.05, 4.69) is 16.4 Å².